The van der Waals surface area contributed by atoms with Crippen LogP contribution in [0.25, 0.3) is 6.08 Å². The summed E-state index contributed by atoms with van der Waals surface area (Å²) in [6, 6.07) is 7.59. The van der Waals surface area contributed by atoms with Gasteiger partial charge in [-0.1, -0.05) is 0 Å². The fourth-order valence-corrected chi connectivity index (χ4v) is 3.25. The third-order valence-corrected chi connectivity index (χ3v) is 5.20. The number of benzene rings is 1. The van der Waals surface area contributed by atoms with Gasteiger partial charge in [-0.3, -0.25) is 0 Å². The molecule has 2 amide bonds. The number of nitrogens with one attached hydrogen (secondary N) is 2. The highest BCUT2D eigenvalue weighted by molar-refractivity contribution is 7.90. The molecule has 0 aromatic heterocycles. The Morgan fingerprint density at radius 2 is 1.79 bits per heavy atom. The first-order chi connectivity index (χ1) is 15.6. The molecule has 0 atom stereocenters. The summed E-state index contributed by atoms with van der Waals surface area (Å²) in [5.74, 6) is -3.79. The average Bonchev–Trinajstić information content (AvgIpc) is 2.75. The summed E-state index contributed by atoms with van der Waals surface area (Å²) in [5.41, 5.74) is 0.192. The standard InChI is InChI=1S/C21H20F2N2O7S/c1-13(20(26)31-3)10-14-11-17(22)19(18(23)12-14)32-15-4-6-16(7-5-15)33(28,29)25-21(27)24-8-9-30-2/h4,6,10-12H,8-9H2,1-3H3,(H2,24,25,27)/b13-10+. The molecule has 2 aromatic rings. The van der Waals surface area contributed by atoms with E-state index in [1.807, 2.05) is 0 Å². The highest BCUT2D eigenvalue weighted by Crippen LogP contribution is 2.29. The van der Waals surface area contributed by atoms with Crippen molar-refractivity contribution in [2.75, 3.05) is 27.4 Å². The first-order valence-electron chi connectivity index (χ1n) is 9.24. The Morgan fingerprint density at radius 1 is 1.12 bits per heavy atom. The zero-order valence-electron chi connectivity index (χ0n) is 17.8. The van der Waals surface area contributed by atoms with E-state index in [0.717, 1.165) is 24.3 Å². The summed E-state index contributed by atoms with van der Waals surface area (Å²) in [4.78, 5) is 22.6. The van der Waals surface area contributed by atoms with Gasteiger partial charge >= 0.3 is 12.0 Å². The summed E-state index contributed by atoms with van der Waals surface area (Å²) in [5, 5.41) is 2.28. The highest BCUT2D eigenvalue weighted by Gasteiger charge is 2.18. The maximum atomic E-state index is 14.4. The molecule has 33 heavy (non-hydrogen) atoms. The van der Waals surface area contributed by atoms with Crippen molar-refractivity contribution in [2.45, 2.75) is 11.8 Å². The van der Waals surface area contributed by atoms with E-state index < -0.39 is 44.3 Å². The van der Waals surface area contributed by atoms with Gasteiger partial charge in [0.15, 0.2) is 23.1 Å². The van der Waals surface area contributed by atoms with Crippen LogP contribution in [0.1, 0.15) is 12.5 Å². The normalized spacial score (nSPS) is 11.4. The van der Waals surface area contributed by atoms with Gasteiger partial charge in [-0.05, 0) is 55.0 Å². The van der Waals surface area contributed by atoms with Gasteiger partial charge in [-0.25, -0.2) is 31.5 Å². The van der Waals surface area contributed by atoms with Crippen LogP contribution < -0.4 is 14.8 Å². The number of esters is 1. The molecule has 0 saturated carbocycles. The maximum absolute atomic E-state index is 14.4. The third kappa shape index (κ3) is 7.16. The van der Waals surface area contributed by atoms with Crippen molar-refractivity contribution in [1.82, 2.24) is 10.0 Å². The number of methoxy groups -OCH3 is 2. The molecule has 2 N–H and O–H groups in total. The van der Waals surface area contributed by atoms with Gasteiger partial charge in [-0.2, -0.15) is 0 Å². The van der Waals surface area contributed by atoms with E-state index in [9.17, 15) is 26.8 Å². The van der Waals surface area contributed by atoms with Crippen LogP contribution in [0.4, 0.5) is 13.6 Å². The number of hydrogen-bond acceptors (Lipinski definition) is 7. The van der Waals surface area contributed by atoms with Crippen molar-refractivity contribution in [1.29, 1.82) is 0 Å². The molecule has 176 valence electrons. The summed E-state index contributed by atoms with van der Waals surface area (Å²) in [6.45, 7) is 1.70. The van der Waals surface area contributed by atoms with E-state index in [2.05, 4.69) is 22.2 Å². The SMILES string of the molecule is COCCNC(=O)NS(=O)(=O)c1c#cc(Oc2c(F)cc(/C=C(\C)C(=O)OC)cc2F)cc1. The lowest BCUT2D eigenvalue weighted by molar-refractivity contribution is -0.135. The van der Waals surface area contributed by atoms with Crippen LogP contribution in [0.2, 0.25) is 0 Å². The average molecular weight is 482 g/mol. The van der Waals surface area contributed by atoms with Crippen LogP contribution in [-0.4, -0.2) is 47.8 Å². The molecule has 0 spiro atoms. The fourth-order valence-electron chi connectivity index (χ4n) is 2.39. The number of rotatable bonds is 9. The van der Waals surface area contributed by atoms with Gasteiger partial charge in [0, 0.05) is 19.2 Å². The lowest BCUT2D eigenvalue weighted by Crippen LogP contribution is -2.40. The number of sulfonamides is 1. The smallest absolute Gasteiger partial charge is 0.333 e. The van der Waals surface area contributed by atoms with Crippen LogP contribution in [0.5, 0.6) is 11.5 Å². The van der Waals surface area contributed by atoms with Crippen LogP contribution in [-0.2, 0) is 24.3 Å². The topological polar surface area (TPSA) is 120 Å². The molecule has 0 aliphatic rings. The van der Waals surface area contributed by atoms with Gasteiger partial charge < -0.3 is 19.5 Å². The fraction of sp³-hybridized carbons (Fsp3) is 0.238. The first kappa shape index (κ1) is 25.6. The van der Waals surface area contributed by atoms with Crippen LogP contribution in [0.3, 0.4) is 0 Å². The van der Waals surface area contributed by atoms with Gasteiger partial charge in [0.1, 0.15) is 4.90 Å². The lowest BCUT2D eigenvalue weighted by Gasteiger charge is -2.09. The molecule has 9 nitrogen and oxygen atoms in total. The van der Waals surface area contributed by atoms with E-state index in [1.54, 1.807) is 4.72 Å². The molecule has 2 rings (SSSR count). The van der Waals surface area contributed by atoms with Crippen LogP contribution in [0, 0.1) is 23.8 Å². The molecule has 12 heteroatoms. The molecule has 0 fully saturated rings. The van der Waals surface area contributed by atoms with E-state index in [1.165, 1.54) is 27.2 Å². The molecular weight excluding hydrogens is 462 g/mol. The number of carbonyl (C=O) groups is 2. The lowest BCUT2D eigenvalue weighted by atomic mass is 10.1. The van der Waals surface area contributed by atoms with Crippen molar-refractivity contribution in [2.24, 2.45) is 0 Å². The molecule has 0 unspecified atom stereocenters. The first-order valence-corrected chi connectivity index (χ1v) is 10.7. The number of amides is 2. The van der Waals surface area contributed by atoms with Gasteiger partial charge in [-0.15, -0.1) is 0 Å². The zero-order chi connectivity index (χ0) is 24.6. The van der Waals surface area contributed by atoms with E-state index in [0.29, 0.717) is 0 Å². The molecular formula is C21H20F2N2O7S. The minimum Gasteiger partial charge on any atom is -0.466 e. The Balaban J connectivity index is 2.15. The second kappa shape index (κ2) is 11.3. The van der Waals surface area contributed by atoms with Gasteiger partial charge in [0.05, 0.1) is 13.7 Å². The molecule has 0 bridgehead atoms. The Kier molecular flexibility index (Phi) is 8.72. The minimum absolute atomic E-state index is 0.0621. The quantitative estimate of drug-likeness (QED) is 0.320. The number of ether oxygens (including phenoxy) is 3. The van der Waals surface area contributed by atoms with Crippen LogP contribution >= 0.6 is 0 Å². The molecule has 0 aliphatic carbocycles. The summed E-state index contributed by atoms with van der Waals surface area (Å²) in [7, 11) is -1.67. The van der Waals surface area contributed by atoms with Gasteiger partial charge in [0.25, 0.3) is 10.0 Å². The van der Waals surface area contributed by atoms with Crippen molar-refractivity contribution < 1.29 is 41.0 Å². The second-order valence-corrected chi connectivity index (χ2v) is 8.05. The van der Waals surface area contributed by atoms with E-state index >= 15 is 0 Å². The minimum atomic E-state index is -4.27. The Hall–Kier alpha value is -3.69. The van der Waals surface area contributed by atoms with Crippen molar-refractivity contribution >= 4 is 28.1 Å². The summed E-state index contributed by atoms with van der Waals surface area (Å²) in [6.07, 6.45) is 1.24. The number of urea groups is 1. The number of carbonyl (C=O) groups excluding carboxylic acids is 2. The predicted octanol–water partition coefficient (Wildman–Crippen LogP) is 2.57. The van der Waals surface area contributed by atoms with E-state index in [4.69, 9.17) is 9.47 Å². The summed E-state index contributed by atoms with van der Waals surface area (Å²) >= 11 is 0. The highest BCUT2D eigenvalue weighted by atomic mass is 32.2. The van der Waals surface area contributed by atoms with Crippen molar-refractivity contribution in [3.63, 3.8) is 0 Å². The zero-order valence-corrected chi connectivity index (χ0v) is 18.6. The molecule has 0 radical (unpaired) electrons. The molecule has 0 heterocycles. The number of hydrogen-bond donors (Lipinski definition) is 2. The number of halogens is 2. The molecule has 2 aromatic carbocycles. The Labute approximate surface area is 189 Å². The summed E-state index contributed by atoms with van der Waals surface area (Å²) < 4.78 is 69.3. The Morgan fingerprint density at radius 3 is 2.33 bits per heavy atom. The Bertz CT molecular complexity index is 1130. The molecule has 0 aliphatic heterocycles. The maximum Gasteiger partial charge on any atom is 0.333 e. The predicted molar refractivity (Wildman–Crippen MR) is 112 cm³/mol. The van der Waals surface area contributed by atoms with Gasteiger partial charge in [0.2, 0.25) is 0 Å². The second-order valence-electron chi connectivity index (χ2n) is 6.40. The molecule has 0 saturated heterocycles. The van der Waals surface area contributed by atoms with Crippen molar-refractivity contribution in [3.05, 3.63) is 59.2 Å². The van der Waals surface area contributed by atoms with Crippen molar-refractivity contribution in [3.8, 4) is 11.5 Å². The third-order valence-electron chi connectivity index (χ3n) is 3.93. The largest absolute Gasteiger partial charge is 0.466 e. The van der Waals surface area contributed by atoms with Crippen LogP contribution in [0.15, 0.2) is 34.7 Å². The monoisotopic (exact) mass is 482 g/mol. The van der Waals surface area contributed by atoms with E-state index in [-0.39, 0.29) is 30.0 Å².